The minimum atomic E-state index is -1.12. The average Bonchev–Trinajstić information content (AvgIpc) is 2.95. The molecule has 1 aliphatic heterocycles. The van der Waals surface area contributed by atoms with Crippen LogP contribution in [0.3, 0.4) is 0 Å². The largest absolute Gasteiger partial charge is 0.598 e. The van der Waals surface area contributed by atoms with E-state index < -0.39 is 11.4 Å². The summed E-state index contributed by atoms with van der Waals surface area (Å²) in [7, 11) is 0. The first-order valence-electron chi connectivity index (χ1n) is 9.65. The summed E-state index contributed by atoms with van der Waals surface area (Å²) in [5, 5.41) is 8.34. The van der Waals surface area contributed by atoms with Crippen molar-refractivity contribution < 1.29 is 4.55 Å². The number of fused-ring (bicyclic) bond motifs is 1. The smallest absolute Gasteiger partial charge is 0.245 e. The first-order valence-corrected chi connectivity index (χ1v) is 11.2. The zero-order valence-electron chi connectivity index (χ0n) is 16.5. The number of rotatable bonds is 3. The van der Waals surface area contributed by atoms with Gasteiger partial charge in [0.05, 0.1) is 12.2 Å². The van der Waals surface area contributed by atoms with Crippen LogP contribution in [0.4, 0.5) is 5.95 Å². The second-order valence-electron chi connectivity index (χ2n) is 8.74. The van der Waals surface area contributed by atoms with E-state index in [1.165, 1.54) is 17.3 Å². The normalized spacial score (nSPS) is 22.3. The molecule has 28 heavy (non-hydrogen) atoms. The minimum absolute atomic E-state index is 0.0565. The molecule has 1 spiro atoms. The lowest BCUT2D eigenvalue weighted by Gasteiger charge is -2.43. The Kier molecular flexibility index (Phi) is 5.29. The molecule has 2 aromatic rings. The van der Waals surface area contributed by atoms with Crippen molar-refractivity contribution in [2.45, 2.75) is 50.8 Å². The number of piperidine rings is 1. The second-order valence-corrected chi connectivity index (χ2v) is 11.1. The van der Waals surface area contributed by atoms with Gasteiger partial charge in [-0.2, -0.15) is 0 Å². The van der Waals surface area contributed by atoms with Crippen molar-refractivity contribution >= 4 is 28.9 Å². The van der Waals surface area contributed by atoms with Gasteiger partial charge >= 0.3 is 0 Å². The molecule has 150 valence electrons. The summed E-state index contributed by atoms with van der Waals surface area (Å²) in [5.41, 5.74) is 2.71. The lowest BCUT2D eigenvalue weighted by molar-refractivity contribution is 0.175. The summed E-state index contributed by atoms with van der Waals surface area (Å²) in [6, 6.07) is 8.65. The highest BCUT2D eigenvalue weighted by atomic mass is 35.5. The Morgan fingerprint density at radius 1 is 1.21 bits per heavy atom. The lowest BCUT2D eigenvalue weighted by atomic mass is 9.73. The zero-order chi connectivity index (χ0) is 19.9. The Hall–Kier alpha value is -1.41. The maximum atomic E-state index is 12.9. The molecule has 4 rings (SSSR count). The van der Waals surface area contributed by atoms with E-state index in [0.717, 1.165) is 32.4 Å². The van der Waals surface area contributed by atoms with Gasteiger partial charge in [0.2, 0.25) is 5.95 Å². The molecule has 0 bridgehead atoms. The van der Waals surface area contributed by atoms with E-state index in [4.69, 9.17) is 11.6 Å². The van der Waals surface area contributed by atoms with Crippen LogP contribution in [0, 0.1) is 5.41 Å². The third kappa shape index (κ3) is 3.73. The number of halogens is 1. The predicted octanol–water partition coefficient (Wildman–Crippen LogP) is 3.46. The number of anilines is 1. The summed E-state index contributed by atoms with van der Waals surface area (Å²) in [4.78, 5) is 6.47. The van der Waals surface area contributed by atoms with Crippen LogP contribution in [-0.4, -0.2) is 37.6 Å². The Bertz CT molecular complexity index is 833. The molecular weight excluding hydrogens is 394 g/mol. The highest BCUT2D eigenvalue weighted by molar-refractivity contribution is 7.90. The van der Waals surface area contributed by atoms with Crippen LogP contribution < -0.4 is 9.62 Å². The van der Waals surface area contributed by atoms with Crippen molar-refractivity contribution in [3.8, 4) is 0 Å². The summed E-state index contributed by atoms with van der Waals surface area (Å²) in [5.74, 6) is 0.623. The van der Waals surface area contributed by atoms with Crippen molar-refractivity contribution in [1.82, 2.24) is 19.9 Å². The fourth-order valence-electron chi connectivity index (χ4n) is 4.28. The summed E-state index contributed by atoms with van der Waals surface area (Å²) in [6.45, 7) is 7.72. The number of hydrogen-bond acceptors (Lipinski definition) is 6. The molecule has 2 atom stereocenters. The Balaban J connectivity index is 1.56. The Labute approximate surface area is 174 Å². The van der Waals surface area contributed by atoms with Gasteiger partial charge in [0.1, 0.15) is 4.75 Å². The molecule has 6 nitrogen and oxygen atoms in total. The maximum Gasteiger partial charge on any atom is 0.245 e. The van der Waals surface area contributed by atoms with Crippen LogP contribution >= 0.6 is 11.6 Å². The minimum Gasteiger partial charge on any atom is -0.598 e. The Morgan fingerprint density at radius 2 is 1.93 bits per heavy atom. The van der Waals surface area contributed by atoms with Gasteiger partial charge in [-0.25, -0.2) is 4.98 Å². The van der Waals surface area contributed by atoms with Crippen LogP contribution in [-0.2, 0) is 17.8 Å². The third-order valence-corrected chi connectivity index (χ3v) is 7.60. The van der Waals surface area contributed by atoms with Gasteiger partial charge in [0, 0.05) is 29.9 Å². The monoisotopic (exact) mass is 419 g/mol. The van der Waals surface area contributed by atoms with Gasteiger partial charge in [0.15, 0.2) is 5.15 Å². The highest BCUT2D eigenvalue weighted by Crippen LogP contribution is 2.52. The van der Waals surface area contributed by atoms with Crippen LogP contribution in [0.25, 0.3) is 0 Å². The summed E-state index contributed by atoms with van der Waals surface area (Å²) < 4.78 is 16.1. The first kappa shape index (κ1) is 19.9. The van der Waals surface area contributed by atoms with Crippen molar-refractivity contribution in [2.24, 2.45) is 5.41 Å². The number of benzene rings is 1. The van der Waals surface area contributed by atoms with Gasteiger partial charge in [-0.05, 0) is 51.2 Å². The lowest BCUT2D eigenvalue weighted by Crippen LogP contribution is -2.50. The van der Waals surface area contributed by atoms with Gasteiger partial charge in [-0.15, -0.1) is 14.9 Å². The number of nitrogens with one attached hydrogen (secondary N) is 1. The van der Waals surface area contributed by atoms with Crippen molar-refractivity contribution in [3.05, 3.63) is 46.7 Å². The molecule has 1 aliphatic carbocycles. The van der Waals surface area contributed by atoms with Crippen molar-refractivity contribution in [1.29, 1.82) is 0 Å². The molecule has 1 saturated heterocycles. The quantitative estimate of drug-likeness (QED) is 0.767. The van der Waals surface area contributed by atoms with Gasteiger partial charge in [-0.3, -0.25) is 0 Å². The SMILES string of the molecule is CC(C)(C)[S@@+]([O-])N[C@@H]1c2ccccc2CC12CCN(c1ncc(Cl)nn1)CC2. The molecule has 0 radical (unpaired) electrons. The maximum absolute atomic E-state index is 12.9. The topological polar surface area (TPSA) is 77.0 Å². The fourth-order valence-corrected chi connectivity index (χ4v) is 5.31. The molecule has 1 aromatic carbocycles. The molecule has 1 aromatic heterocycles. The molecular formula is C20H26ClN5OS. The number of hydrogen-bond donors (Lipinski definition) is 1. The van der Waals surface area contributed by atoms with Gasteiger partial charge in [-0.1, -0.05) is 35.9 Å². The Morgan fingerprint density at radius 3 is 2.57 bits per heavy atom. The third-order valence-electron chi connectivity index (χ3n) is 5.87. The van der Waals surface area contributed by atoms with Crippen molar-refractivity contribution in [2.75, 3.05) is 18.0 Å². The van der Waals surface area contributed by atoms with E-state index >= 15 is 0 Å². The molecule has 1 N–H and O–H groups in total. The van der Waals surface area contributed by atoms with Gasteiger partial charge in [0.25, 0.3) is 0 Å². The average molecular weight is 420 g/mol. The van der Waals surface area contributed by atoms with Crippen LogP contribution in [0.2, 0.25) is 5.15 Å². The van der Waals surface area contributed by atoms with Gasteiger partial charge < -0.3 is 9.45 Å². The molecule has 0 unspecified atom stereocenters. The summed E-state index contributed by atoms with van der Waals surface area (Å²) >= 11 is 4.69. The fraction of sp³-hybridized carbons (Fsp3) is 0.550. The number of aromatic nitrogens is 3. The van der Waals surface area contributed by atoms with E-state index in [1.54, 1.807) is 0 Å². The molecule has 0 amide bonds. The molecule has 2 heterocycles. The molecule has 0 saturated carbocycles. The second kappa shape index (κ2) is 7.44. The standard InChI is InChI=1S/C20H26ClN5OS/c1-19(2,3)28(27)25-17-15-7-5-4-6-14(15)12-20(17)8-10-26(11-9-20)18-22-13-16(21)23-24-18/h4-7,13,17,25H,8-12H2,1-3H3/t17-,28-/m1/s1. The van der Waals surface area contributed by atoms with Crippen LogP contribution in [0.5, 0.6) is 0 Å². The van der Waals surface area contributed by atoms with E-state index in [1.807, 2.05) is 20.8 Å². The number of nitrogens with zero attached hydrogens (tertiary/aromatic N) is 4. The van der Waals surface area contributed by atoms with E-state index in [2.05, 4.69) is 49.1 Å². The first-order chi connectivity index (χ1) is 13.3. The molecule has 8 heteroatoms. The highest BCUT2D eigenvalue weighted by Gasteiger charge is 2.50. The van der Waals surface area contributed by atoms with Crippen LogP contribution in [0.15, 0.2) is 30.5 Å². The van der Waals surface area contributed by atoms with Crippen molar-refractivity contribution in [3.63, 3.8) is 0 Å². The molecule has 1 fully saturated rings. The zero-order valence-corrected chi connectivity index (χ0v) is 18.1. The van der Waals surface area contributed by atoms with Crippen LogP contribution in [0.1, 0.15) is 50.8 Å². The predicted molar refractivity (Wildman–Crippen MR) is 113 cm³/mol. The summed E-state index contributed by atoms with van der Waals surface area (Å²) in [6.07, 6.45) is 4.51. The van der Waals surface area contributed by atoms with E-state index in [0.29, 0.717) is 11.1 Å². The van der Waals surface area contributed by atoms with E-state index in [9.17, 15) is 4.55 Å². The van der Waals surface area contributed by atoms with E-state index in [-0.39, 0.29) is 16.2 Å². The molecule has 2 aliphatic rings.